The van der Waals surface area contributed by atoms with Gasteiger partial charge in [0.2, 0.25) is 0 Å². The van der Waals surface area contributed by atoms with E-state index in [1.165, 1.54) is 16.2 Å². The first kappa shape index (κ1) is 18.9. The van der Waals surface area contributed by atoms with Crippen LogP contribution in [0.4, 0.5) is 5.69 Å². The van der Waals surface area contributed by atoms with Gasteiger partial charge in [-0.1, -0.05) is 42.5 Å². The van der Waals surface area contributed by atoms with E-state index in [9.17, 15) is 4.79 Å². The van der Waals surface area contributed by atoms with Crippen LogP contribution in [0.3, 0.4) is 0 Å². The number of amides is 1. The quantitative estimate of drug-likeness (QED) is 0.707. The van der Waals surface area contributed by atoms with Crippen molar-refractivity contribution in [2.75, 3.05) is 39.6 Å². The van der Waals surface area contributed by atoms with Crippen molar-refractivity contribution in [1.82, 2.24) is 5.32 Å². The van der Waals surface area contributed by atoms with Gasteiger partial charge in [0, 0.05) is 30.9 Å². The van der Waals surface area contributed by atoms with Crippen molar-refractivity contribution in [2.45, 2.75) is 6.04 Å². The van der Waals surface area contributed by atoms with E-state index in [1.807, 2.05) is 50.5 Å². The van der Waals surface area contributed by atoms with Gasteiger partial charge < -0.3 is 15.1 Å². The molecule has 0 aliphatic heterocycles. The van der Waals surface area contributed by atoms with E-state index in [1.54, 1.807) is 0 Å². The topological polar surface area (TPSA) is 36.8 Å². The standard InChI is InChI=1S/C23H27N3O/c1-25(2)21-13-11-18(12-14-21)22(26(3)4)16-24-23(27)20-10-9-17-7-5-6-8-19(17)15-20/h5-15,22H,16H2,1-4H3,(H,24,27)/p+1/t22-/m1/s1. The molecule has 0 radical (unpaired) electrons. The summed E-state index contributed by atoms with van der Waals surface area (Å²) in [6, 6.07) is 22.7. The van der Waals surface area contributed by atoms with Gasteiger partial charge in [-0.3, -0.25) is 4.79 Å². The van der Waals surface area contributed by atoms with Crippen molar-refractivity contribution in [3.05, 3.63) is 77.9 Å². The average Bonchev–Trinajstić information content (AvgIpc) is 2.67. The Balaban J connectivity index is 1.72. The number of rotatable bonds is 6. The summed E-state index contributed by atoms with van der Waals surface area (Å²) in [5.41, 5.74) is 3.09. The van der Waals surface area contributed by atoms with E-state index in [-0.39, 0.29) is 11.9 Å². The SMILES string of the molecule is CN(C)c1ccc([C@@H](CNC(=O)c2ccc3ccccc3c2)[NH+](C)C)cc1. The van der Waals surface area contributed by atoms with Gasteiger partial charge in [-0.25, -0.2) is 0 Å². The molecule has 0 spiro atoms. The van der Waals surface area contributed by atoms with Crippen LogP contribution in [0.15, 0.2) is 66.7 Å². The molecule has 3 aromatic carbocycles. The number of likely N-dealkylation sites (N-methyl/N-ethyl adjacent to an activating group) is 1. The fourth-order valence-corrected chi connectivity index (χ4v) is 3.29. The third-order valence-corrected chi connectivity index (χ3v) is 4.99. The molecule has 3 aromatic rings. The van der Waals surface area contributed by atoms with E-state index in [0.29, 0.717) is 12.1 Å². The molecule has 1 atom stereocenters. The first-order valence-electron chi connectivity index (χ1n) is 9.30. The molecule has 0 aromatic heterocycles. The molecule has 3 rings (SSSR count). The highest BCUT2D eigenvalue weighted by Gasteiger charge is 2.19. The van der Waals surface area contributed by atoms with Crippen molar-refractivity contribution in [2.24, 2.45) is 0 Å². The molecule has 0 fully saturated rings. The summed E-state index contributed by atoms with van der Waals surface area (Å²) in [5.74, 6) is -0.0306. The Morgan fingerprint density at radius 1 is 0.963 bits per heavy atom. The van der Waals surface area contributed by atoms with Crippen molar-refractivity contribution >= 4 is 22.4 Å². The molecule has 0 heterocycles. The highest BCUT2D eigenvalue weighted by atomic mass is 16.1. The Bertz CT molecular complexity index is 916. The van der Waals surface area contributed by atoms with Crippen molar-refractivity contribution in [3.8, 4) is 0 Å². The van der Waals surface area contributed by atoms with Crippen LogP contribution in [-0.4, -0.2) is 40.6 Å². The van der Waals surface area contributed by atoms with Crippen molar-refractivity contribution in [1.29, 1.82) is 0 Å². The Hall–Kier alpha value is -2.85. The zero-order valence-electron chi connectivity index (χ0n) is 16.5. The van der Waals surface area contributed by atoms with Crippen LogP contribution >= 0.6 is 0 Å². The summed E-state index contributed by atoms with van der Waals surface area (Å²) < 4.78 is 0. The van der Waals surface area contributed by atoms with E-state index in [2.05, 4.69) is 54.6 Å². The van der Waals surface area contributed by atoms with Gasteiger partial charge >= 0.3 is 0 Å². The van der Waals surface area contributed by atoms with E-state index in [0.717, 1.165) is 10.8 Å². The monoisotopic (exact) mass is 362 g/mol. The van der Waals surface area contributed by atoms with Crippen LogP contribution in [0, 0.1) is 0 Å². The number of hydrogen-bond acceptors (Lipinski definition) is 2. The molecule has 4 nitrogen and oxygen atoms in total. The maximum Gasteiger partial charge on any atom is 0.251 e. The van der Waals surface area contributed by atoms with Gasteiger partial charge in [-0.05, 0) is 35.0 Å². The van der Waals surface area contributed by atoms with Gasteiger partial charge in [0.25, 0.3) is 5.91 Å². The number of carbonyl (C=O) groups is 1. The molecule has 0 saturated heterocycles. The highest BCUT2D eigenvalue weighted by Crippen LogP contribution is 2.17. The largest absolute Gasteiger partial charge is 0.378 e. The second-order valence-electron chi connectivity index (χ2n) is 7.39. The molecule has 0 saturated carbocycles. The maximum atomic E-state index is 12.7. The first-order valence-corrected chi connectivity index (χ1v) is 9.30. The number of benzene rings is 3. The number of hydrogen-bond donors (Lipinski definition) is 2. The number of quaternary nitrogens is 1. The van der Waals surface area contributed by atoms with Crippen LogP contribution < -0.4 is 15.1 Å². The van der Waals surface area contributed by atoms with Crippen LogP contribution in [0.2, 0.25) is 0 Å². The van der Waals surface area contributed by atoms with E-state index >= 15 is 0 Å². The normalized spacial score (nSPS) is 12.2. The minimum atomic E-state index is -0.0306. The molecular formula is C23H28N3O+. The summed E-state index contributed by atoms with van der Waals surface area (Å²) in [4.78, 5) is 16.0. The molecule has 140 valence electrons. The van der Waals surface area contributed by atoms with Gasteiger partial charge in [-0.2, -0.15) is 0 Å². The van der Waals surface area contributed by atoms with Gasteiger partial charge in [0.05, 0.1) is 20.6 Å². The Labute approximate surface area is 161 Å². The van der Waals surface area contributed by atoms with E-state index in [4.69, 9.17) is 0 Å². The van der Waals surface area contributed by atoms with Gasteiger partial charge in [-0.15, -0.1) is 0 Å². The molecule has 27 heavy (non-hydrogen) atoms. The highest BCUT2D eigenvalue weighted by molar-refractivity contribution is 5.98. The lowest BCUT2D eigenvalue weighted by molar-refractivity contribution is -0.890. The molecule has 0 bridgehead atoms. The lowest BCUT2D eigenvalue weighted by atomic mass is 10.0. The molecule has 0 aliphatic rings. The third-order valence-electron chi connectivity index (χ3n) is 4.99. The molecule has 0 aliphatic carbocycles. The van der Waals surface area contributed by atoms with E-state index < -0.39 is 0 Å². The molecule has 2 N–H and O–H groups in total. The number of fused-ring (bicyclic) bond motifs is 1. The second kappa shape index (κ2) is 8.23. The summed E-state index contributed by atoms with van der Waals surface area (Å²) in [6.45, 7) is 0.593. The summed E-state index contributed by atoms with van der Waals surface area (Å²) >= 11 is 0. The molecule has 4 heteroatoms. The number of nitrogens with one attached hydrogen (secondary N) is 2. The smallest absolute Gasteiger partial charge is 0.251 e. The minimum absolute atomic E-state index is 0.0306. The lowest BCUT2D eigenvalue weighted by Gasteiger charge is -2.23. The zero-order valence-corrected chi connectivity index (χ0v) is 16.5. The number of nitrogens with zero attached hydrogens (tertiary/aromatic N) is 1. The molecule has 0 unspecified atom stereocenters. The fourth-order valence-electron chi connectivity index (χ4n) is 3.29. The predicted molar refractivity (Wildman–Crippen MR) is 113 cm³/mol. The maximum absolute atomic E-state index is 12.7. The van der Waals surface area contributed by atoms with Gasteiger partial charge in [0.1, 0.15) is 6.04 Å². The third kappa shape index (κ3) is 4.47. The lowest BCUT2D eigenvalue weighted by Crippen LogP contribution is -3.07. The van der Waals surface area contributed by atoms with Gasteiger partial charge in [0.15, 0.2) is 0 Å². The summed E-state index contributed by atoms with van der Waals surface area (Å²) in [7, 11) is 8.31. The van der Waals surface area contributed by atoms with Crippen molar-refractivity contribution < 1.29 is 9.69 Å². The van der Waals surface area contributed by atoms with Crippen LogP contribution in [-0.2, 0) is 0 Å². The first-order chi connectivity index (χ1) is 13.0. The molecular weight excluding hydrogens is 334 g/mol. The second-order valence-corrected chi connectivity index (χ2v) is 7.39. The summed E-state index contributed by atoms with van der Waals surface area (Å²) in [6.07, 6.45) is 0. The zero-order chi connectivity index (χ0) is 19.4. The fraction of sp³-hybridized carbons (Fsp3) is 0.261. The van der Waals surface area contributed by atoms with Crippen LogP contribution in [0.25, 0.3) is 10.8 Å². The minimum Gasteiger partial charge on any atom is -0.378 e. The average molecular weight is 362 g/mol. The Kier molecular flexibility index (Phi) is 5.77. The predicted octanol–water partition coefficient (Wildman–Crippen LogP) is 2.52. The van der Waals surface area contributed by atoms with Crippen LogP contribution in [0.1, 0.15) is 22.0 Å². The Morgan fingerprint density at radius 3 is 2.26 bits per heavy atom. The molecule has 1 amide bonds. The number of anilines is 1. The number of carbonyl (C=O) groups excluding carboxylic acids is 1. The summed E-state index contributed by atoms with van der Waals surface area (Å²) in [5, 5.41) is 5.34. The Morgan fingerprint density at radius 2 is 1.63 bits per heavy atom. The van der Waals surface area contributed by atoms with Crippen molar-refractivity contribution in [3.63, 3.8) is 0 Å². The van der Waals surface area contributed by atoms with Crippen LogP contribution in [0.5, 0.6) is 0 Å².